The number of fused-ring (bicyclic) bond motifs is 1. The predicted octanol–water partition coefficient (Wildman–Crippen LogP) is 3.23. The number of ether oxygens (including phenoxy) is 3. The first kappa shape index (κ1) is 17.4. The monoisotopic (exact) mass is 382 g/mol. The number of methoxy groups -OCH3 is 2. The standard InChI is InChI=1S/C19H18N4O3S/c1-24-14-8-6-13(7-9-14)17-12-27-19-21-20-18(23(19)22-17)11-26-16-5-3-4-15(10-16)25-2/h3-10H,11-12H2,1-2H3. The summed E-state index contributed by atoms with van der Waals surface area (Å²) in [6, 6.07) is 15.3. The third-order valence-electron chi connectivity index (χ3n) is 4.07. The summed E-state index contributed by atoms with van der Waals surface area (Å²) in [5, 5.41) is 13.9. The molecule has 3 aromatic rings. The first-order chi connectivity index (χ1) is 13.3. The van der Waals surface area contributed by atoms with Crippen LogP contribution in [0, 0.1) is 0 Å². The molecule has 0 spiro atoms. The minimum Gasteiger partial charge on any atom is -0.497 e. The Balaban J connectivity index is 1.54. The molecule has 0 unspecified atom stereocenters. The molecule has 0 radical (unpaired) electrons. The van der Waals surface area contributed by atoms with E-state index in [1.807, 2.05) is 48.5 Å². The van der Waals surface area contributed by atoms with Crippen LogP contribution in [0.25, 0.3) is 0 Å². The highest BCUT2D eigenvalue weighted by molar-refractivity contribution is 7.99. The van der Waals surface area contributed by atoms with E-state index < -0.39 is 0 Å². The number of thioether (sulfide) groups is 1. The topological polar surface area (TPSA) is 70.8 Å². The number of nitrogens with zero attached hydrogens (tertiary/aromatic N) is 4. The molecule has 7 nitrogen and oxygen atoms in total. The van der Waals surface area contributed by atoms with E-state index in [1.165, 1.54) is 0 Å². The van der Waals surface area contributed by atoms with Crippen LogP contribution < -0.4 is 14.2 Å². The molecule has 4 rings (SSSR count). The SMILES string of the molecule is COc1ccc(C2=Nn3c(COc4cccc(OC)c4)nnc3SC2)cc1. The van der Waals surface area contributed by atoms with E-state index in [2.05, 4.69) is 10.2 Å². The number of aromatic nitrogens is 3. The summed E-state index contributed by atoms with van der Waals surface area (Å²) in [6.07, 6.45) is 0. The molecule has 2 heterocycles. The third kappa shape index (κ3) is 3.75. The summed E-state index contributed by atoms with van der Waals surface area (Å²) in [7, 11) is 3.28. The van der Waals surface area contributed by atoms with Gasteiger partial charge in [-0.1, -0.05) is 17.8 Å². The lowest BCUT2D eigenvalue weighted by atomic mass is 10.1. The maximum Gasteiger partial charge on any atom is 0.212 e. The van der Waals surface area contributed by atoms with Gasteiger partial charge in [0.15, 0.2) is 5.82 Å². The van der Waals surface area contributed by atoms with E-state index in [4.69, 9.17) is 19.3 Å². The van der Waals surface area contributed by atoms with Crippen molar-refractivity contribution in [2.45, 2.75) is 11.8 Å². The lowest BCUT2D eigenvalue weighted by molar-refractivity contribution is 0.288. The average molecular weight is 382 g/mol. The Morgan fingerprint density at radius 3 is 2.52 bits per heavy atom. The molecular formula is C19H18N4O3S. The van der Waals surface area contributed by atoms with Crippen molar-refractivity contribution in [2.75, 3.05) is 20.0 Å². The molecule has 0 aliphatic carbocycles. The number of rotatable bonds is 6. The molecular weight excluding hydrogens is 364 g/mol. The molecule has 1 aliphatic rings. The van der Waals surface area contributed by atoms with Gasteiger partial charge in [-0.15, -0.1) is 10.2 Å². The fourth-order valence-electron chi connectivity index (χ4n) is 2.62. The van der Waals surface area contributed by atoms with Gasteiger partial charge in [0.1, 0.15) is 23.9 Å². The highest BCUT2D eigenvalue weighted by atomic mass is 32.2. The van der Waals surface area contributed by atoms with Gasteiger partial charge in [0.25, 0.3) is 0 Å². The Hall–Kier alpha value is -3.00. The molecule has 138 valence electrons. The summed E-state index contributed by atoms with van der Waals surface area (Å²) in [5.41, 5.74) is 2.00. The molecule has 0 atom stereocenters. The quantitative estimate of drug-likeness (QED) is 0.652. The number of hydrogen-bond donors (Lipinski definition) is 0. The second kappa shape index (κ2) is 7.71. The molecule has 1 aliphatic heterocycles. The normalized spacial score (nSPS) is 12.9. The van der Waals surface area contributed by atoms with Crippen molar-refractivity contribution >= 4 is 17.5 Å². The van der Waals surface area contributed by atoms with Crippen LogP contribution in [-0.4, -0.2) is 40.6 Å². The fourth-order valence-corrected chi connectivity index (χ4v) is 3.48. The van der Waals surface area contributed by atoms with E-state index in [0.29, 0.717) is 11.6 Å². The van der Waals surface area contributed by atoms with Crippen LogP contribution in [0.15, 0.2) is 58.8 Å². The minimum absolute atomic E-state index is 0.264. The highest BCUT2D eigenvalue weighted by Gasteiger charge is 2.20. The molecule has 0 saturated carbocycles. The lowest BCUT2D eigenvalue weighted by Gasteiger charge is -2.14. The third-order valence-corrected chi connectivity index (χ3v) is 5.00. The molecule has 2 aromatic carbocycles. The fraction of sp³-hybridized carbons (Fsp3) is 0.211. The van der Waals surface area contributed by atoms with Crippen LogP contribution in [0.5, 0.6) is 17.2 Å². The Morgan fingerprint density at radius 1 is 0.963 bits per heavy atom. The van der Waals surface area contributed by atoms with Gasteiger partial charge in [-0.2, -0.15) is 9.78 Å². The first-order valence-corrected chi connectivity index (χ1v) is 9.31. The zero-order chi connectivity index (χ0) is 18.6. The van der Waals surface area contributed by atoms with Crippen molar-refractivity contribution in [3.8, 4) is 17.2 Å². The maximum absolute atomic E-state index is 5.83. The van der Waals surface area contributed by atoms with Gasteiger partial charge in [-0.05, 0) is 42.0 Å². The molecule has 27 heavy (non-hydrogen) atoms. The predicted molar refractivity (Wildman–Crippen MR) is 103 cm³/mol. The van der Waals surface area contributed by atoms with E-state index >= 15 is 0 Å². The molecule has 8 heteroatoms. The van der Waals surface area contributed by atoms with Crippen molar-refractivity contribution in [1.82, 2.24) is 14.9 Å². The Bertz CT molecular complexity index is 969. The Kier molecular flexibility index (Phi) is 4.97. The van der Waals surface area contributed by atoms with Crippen LogP contribution in [0.3, 0.4) is 0 Å². The summed E-state index contributed by atoms with van der Waals surface area (Å²) in [5.74, 6) is 3.65. The maximum atomic E-state index is 5.83. The van der Waals surface area contributed by atoms with Gasteiger partial charge >= 0.3 is 0 Å². The molecule has 1 aromatic heterocycles. The highest BCUT2D eigenvalue weighted by Crippen LogP contribution is 2.26. The second-order valence-corrected chi connectivity index (χ2v) is 6.68. The summed E-state index contributed by atoms with van der Waals surface area (Å²) in [4.78, 5) is 0. The molecule has 0 N–H and O–H groups in total. The van der Waals surface area contributed by atoms with Crippen LogP contribution in [0.4, 0.5) is 0 Å². The van der Waals surface area contributed by atoms with Gasteiger partial charge < -0.3 is 14.2 Å². The summed E-state index contributed by atoms with van der Waals surface area (Å²) >= 11 is 1.60. The molecule has 0 bridgehead atoms. The van der Waals surface area contributed by atoms with Gasteiger partial charge in [0.05, 0.1) is 19.9 Å². The van der Waals surface area contributed by atoms with Crippen LogP contribution in [0.2, 0.25) is 0 Å². The van der Waals surface area contributed by atoms with Crippen molar-refractivity contribution in [2.24, 2.45) is 5.10 Å². The second-order valence-electron chi connectivity index (χ2n) is 5.74. The Morgan fingerprint density at radius 2 is 1.74 bits per heavy atom. The summed E-state index contributed by atoms with van der Waals surface area (Å²) in [6.45, 7) is 0.264. The summed E-state index contributed by atoms with van der Waals surface area (Å²) < 4.78 is 18.0. The van der Waals surface area contributed by atoms with Crippen molar-refractivity contribution in [3.05, 3.63) is 59.9 Å². The number of hydrogen-bond acceptors (Lipinski definition) is 7. The zero-order valence-corrected chi connectivity index (χ0v) is 15.8. The average Bonchev–Trinajstić information content (AvgIpc) is 3.14. The largest absolute Gasteiger partial charge is 0.497 e. The van der Waals surface area contributed by atoms with Gasteiger partial charge in [0, 0.05) is 11.8 Å². The number of benzene rings is 2. The van der Waals surface area contributed by atoms with Crippen molar-refractivity contribution < 1.29 is 14.2 Å². The van der Waals surface area contributed by atoms with Crippen molar-refractivity contribution in [3.63, 3.8) is 0 Å². The van der Waals surface area contributed by atoms with Crippen LogP contribution >= 0.6 is 11.8 Å². The van der Waals surface area contributed by atoms with Crippen LogP contribution in [0.1, 0.15) is 11.4 Å². The zero-order valence-electron chi connectivity index (χ0n) is 15.0. The van der Waals surface area contributed by atoms with E-state index in [1.54, 1.807) is 30.7 Å². The first-order valence-electron chi connectivity index (χ1n) is 8.33. The van der Waals surface area contributed by atoms with Gasteiger partial charge in [-0.3, -0.25) is 0 Å². The van der Waals surface area contributed by atoms with E-state index in [0.717, 1.165) is 33.7 Å². The lowest BCUT2D eigenvalue weighted by Crippen LogP contribution is -2.15. The van der Waals surface area contributed by atoms with E-state index in [-0.39, 0.29) is 6.61 Å². The van der Waals surface area contributed by atoms with Gasteiger partial charge in [0.2, 0.25) is 5.16 Å². The van der Waals surface area contributed by atoms with Crippen LogP contribution in [-0.2, 0) is 6.61 Å². The van der Waals surface area contributed by atoms with Crippen molar-refractivity contribution in [1.29, 1.82) is 0 Å². The molecule has 0 amide bonds. The smallest absolute Gasteiger partial charge is 0.212 e. The Labute approximate surface area is 161 Å². The molecule has 0 saturated heterocycles. The minimum atomic E-state index is 0.264. The molecule has 0 fully saturated rings. The van der Waals surface area contributed by atoms with Gasteiger partial charge in [-0.25, -0.2) is 0 Å². The van der Waals surface area contributed by atoms with E-state index in [9.17, 15) is 0 Å².